The largest absolute Gasteiger partial charge is 0.457 e. The van der Waals surface area contributed by atoms with E-state index in [0.717, 1.165) is 83.1 Å². The Kier molecular flexibility index (Phi) is 12.6. The van der Waals surface area contributed by atoms with Crippen molar-refractivity contribution in [2.45, 2.75) is 84.3 Å². The van der Waals surface area contributed by atoms with Crippen LogP contribution in [0.15, 0.2) is 48.8 Å². The molecule has 2 aliphatic heterocycles. The maximum Gasteiger partial charge on any atom is 0.407 e. The number of aryl methyl sites for hydroxylation is 1. The standard InChI is InChI=1S/C41H52N8O7/c1-23(2)35(47-40(52)54-5)38(50)42-16-8-7-11-34-43-21-29(45-34)25-12-14-32-27(18-25)20-28-19-26(13-15-33(28)56-32)30-22-44-37(46-30)31-10-9-17-49(31)39(51)36(24(3)4)48-41(53)55-6/h12-15,18-19,21-24,31,35-36H,7-11,16-17,20H2,1-6H3,(H,42,50)(H,43,45)(H,44,46)(H,47,52)(H,48,53)/t31?,35-,36?/m0/s1. The summed E-state index contributed by atoms with van der Waals surface area (Å²) in [6, 6.07) is 10.7. The van der Waals surface area contributed by atoms with E-state index in [1.807, 2.05) is 58.2 Å². The van der Waals surface area contributed by atoms with Gasteiger partial charge < -0.3 is 45.0 Å². The van der Waals surface area contributed by atoms with E-state index in [9.17, 15) is 19.2 Å². The van der Waals surface area contributed by atoms with E-state index in [4.69, 9.17) is 14.5 Å². The minimum Gasteiger partial charge on any atom is -0.457 e. The second kappa shape index (κ2) is 17.7. The molecular weight excluding hydrogens is 716 g/mol. The van der Waals surface area contributed by atoms with Crippen LogP contribution >= 0.6 is 0 Å². The van der Waals surface area contributed by atoms with Crippen LogP contribution in [0, 0.1) is 11.8 Å². The minimum absolute atomic E-state index is 0.0768. The molecule has 0 aliphatic carbocycles. The van der Waals surface area contributed by atoms with E-state index in [2.05, 4.69) is 47.8 Å². The third-order valence-corrected chi connectivity index (χ3v) is 10.4. The predicted molar refractivity (Wildman–Crippen MR) is 209 cm³/mol. The number of hydrogen-bond acceptors (Lipinski definition) is 9. The van der Waals surface area contributed by atoms with E-state index < -0.39 is 24.3 Å². The predicted octanol–water partition coefficient (Wildman–Crippen LogP) is 6.03. The lowest BCUT2D eigenvalue weighted by Gasteiger charge is -2.30. The monoisotopic (exact) mass is 768 g/mol. The lowest BCUT2D eigenvalue weighted by molar-refractivity contribution is -0.135. The first-order chi connectivity index (χ1) is 26.9. The number of methoxy groups -OCH3 is 2. The number of H-pyrrole nitrogens is 2. The number of alkyl carbamates (subject to hydrolysis) is 2. The first kappa shape index (κ1) is 39.8. The summed E-state index contributed by atoms with van der Waals surface area (Å²) in [7, 11) is 2.56. The fourth-order valence-corrected chi connectivity index (χ4v) is 7.23. The summed E-state index contributed by atoms with van der Waals surface area (Å²) >= 11 is 0. The van der Waals surface area contributed by atoms with Gasteiger partial charge in [-0.05, 0) is 85.0 Å². The van der Waals surface area contributed by atoms with Crippen LogP contribution in [0.5, 0.6) is 11.5 Å². The number of nitrogens with one attached hydrogen (secondary N) is 5. The molecule has 0 bridgehead atoms. The second-order valence-corrected chi connectivity index (χ2v) is 15.0. The van der Waals surface area contributed by atoms with Crippen molar-refractivity contribution in [2.24, 2.45) is 11.8 Å². The average Bonchev–Trinajstić information content (AvgIpc) is 3.99. The van der Waals surface area contributed by atoms with Gasteiger partial charge in [0.2, 0.25) is 11.8 Å². The highest BCUT2D eigenvalue weighted by atomic mass is 16.5. The van der Waals surface area contributed by atoms with Gasteiger partial charge in [0.25, 0.3) is 0 Å². The maximum atomic E-state index is 13.6. The number of benzene rings is 2. The van der Waals surface area contributed by atoms with Crippen LogP contribution in [-0.2, 0) is 31.9 Å². The van der Waals surface area contributed by atoms with Crippen molar-refractivity contribution >= 4 is 24.0 Å². The molecule has 2 aromatic heterocycles. The van der Waals surface area contributed by atoms with Gasteiger partial charge >= 0.3 is 12.2 Å². The molecule has 1 fully saturated rings. The molecule has 1 saturated heterocycles. The topological polar surface area (TPSA) is 193 Å². The molecule has 56 heavy (non-hydrogen) atoms. The van der Waals surface area contributed by atoms with Gasteiger partial charge in [-0.3, -0.25) is 9.59 Å². The van der Waals surface area contributed by atoms with Crippen molar-refractivity contribution in [1.29, 1.82) is 0 Å². The summed E-state index contributed by atoms with van der Waals surface area (Å²) < 4.78 is 15.7. The lowest BCUT2D eigenvalue weighted by atomic mass is 9.96. The van der Waals surface area contributed by atoms with Crippen molar-refractivity contribution in [3.63, 3.8) is 0 Å². The Bertz CT molecular complexity index is 2040. The fourth-order valence-electron chi connectivity index (χ4n) is 7.23. The fraction of sp³-hybridized carbons (Fsp3) is 0.463. The first-order valence-corrected chi connectivity index (χ1v) is 19.3. The Hall–Kier alpha value is -5.86. The Balaban J connectivity index is 1.06. The number of aromatic amines is 2. The molecule has 5 N–H and O–H groups in total. The van der Waals surface area contributed by atoms with Crippen LogP contribution in [0.25, 0.3) is 22.5 Å². The number of aromatic nitrogens is 4. The highest BCUT2D eigenvalue weighted by molar-refractivity contribution is 5.87. The Morgan fingerprint density at radius 2 is 1.45 bits per heavy atom. The van der Waals surface area contributed by atoms with Gasteiger partial charge in [-0.25, -0.2) is 19.6 Å². The molecule has 3 atom stereocenters. The molecular formula is C41H52N8O7. The molecule has 4 aromatic rings. The highest BCUT2D eigenvalue weighted by Gasteiger charge is 2.37. The van der Waals surface area contributed by atoms with Gasteiger partial charge in [0.15, 0.2) is 0 Å². The molecule has 0 radical (unpaired) electrons. The van der Waals surface area contributed by atoms with E-state index in [1.54, 1.807) is 11.1 Å². The van der Waals surface area contributed by atoms with Crippen molar-refractivity contribution in [3.8, 4) is 34.0 Å². The van der Waals surface area contributed by atoms with Crippen LogP contribution in [-0.4, -0.2) is 88.2 Å². The van der Waals surface area contributed by atoms with Crippen LogP contribution < -0.4 is 20.7 Å². The molecule has 6 rings (SSSR count). The third-order valence-electron chi connectivity index (χ3n) is 10.4. The van der Waals surface area contributed by atoms with E-state index in [0.29, 0.717) is 25.3 Å². The SMILES string of the molecule is COC(=O)NC(C(=O)N1CCCC1c1ncc(-c2ccc3c(c2)Cc2cc(-c4cnc(CCCCNC(=O)[C@@H](NC(=O)OC)C(C)C)[nH]4)ccc2O3)[nH]1)C(C)C. The van der Waals surface area contributed by atoms with Gasteiger partial charge in [0.1, 0.15) is 35.2 Å². The van der Waals surface area contributed by atoms with Crippen molar-refractivity contribution in [1.82, 2.24) is 40.8 Å². The number of imidazole rings is 2. The summed E-state index contributed by atoms with van der Waals surface area (Å²) in [4.78, 5) is 67.8. The average molecular weight is 769 g/mol. The van der Waals surface area contributed by atoms with Crippen molar-refractivity contribution < 1.29 is 33.4 Å². The van der Waals surface area contributed by atoms with Crippen LogP contribution in [0.2, 0.25) is 0 Å². The number of nitrogens with zero attached hydrogens (tertiary/aromatic N) is 3. The van der Waals surface area contributed by atoms with Gasteiger partial charge in [0.05, 0.1) is 44.0 Å². The Morgan fingerprint density at radius 3 is 2.07 bits per heavy atom. The number of carbonyl (C=O) groups is 4. The molecule has 2 unspecified atom stereocenters. The molecule has 2 aliphatic rings. The molecule has 15 nitrogen and oxygen atoms in total. The summed E-state index contributed by atoms with van der Waals surface area (Å²) in [5.41, 5.74) is 5.83. The molecule has 4 heterocycles. The number of amides is 4. The summed E-state index contributed by atoms with van der Waals surface area (Å²) in [5, 5.41) is 8.19. The van der Waals surface area contributed by atoms with E-state index in [-0.39, 0.29) is 29.7 Å². The number of fused-ring (bicyclic) bond motifs is 2. The number of rotatable bonds is 14. The molecule has 0 spiro atoms. The van der Waals surface area contributed by atoms with E-state index in [1.165, 1.54) is 14.2 Å². The molecule has 2 aromatic carbocycles. The maximum absolute atomic E-state index is 13.6. The smallest absolute Gasteiger partial charge is 0.407 e. The van der Waals surface area contributed by atoms with E-state index >= 15 is 0 Å². The van der Waals surface area contributed by atoms with Crippen LogP contribution in [0.1, 0.15) is 82.2 Å². The Morgan fingerprint density at radius 1 is 0.839 bits per heavy atom. The van der Waals surface area contributed by atoms with Crippen LogP contribution in [0.4, 0.5) is 9.59 Å². The number of likely N-dealkylation sites (tertiary alicyclic amines) is 1. The molecule has 4 amide bonds. The van der Waals surface area contributed by atoms with Crippen molar-refractivity contribution in [3.05, 3.63) is 71.6 Å². The molecule has 298 valence electrons. The number of unbranched alkanes of at least 4 members (excludes halogenated alkanes) is 1. The van der Waals surface area contributed by atoms with Gasteiger partial charge in [-0.1, -0.05) is 27.7 Å². The quantitative estimate of drug-likeness (QED) is 0.0840. The number of carbonyl (C=O) groups excluding carboxylic acids is 4. The minimum atomic E-state index is -0.696. The number of ether oxygens (including phenoxy) is 3. The van der Waals surface area contributed by atoms with Crippen LogP contribution in [0.3, 0.4) is 0 Å². The molecule has 0 saturated carbocycles. The molecule has 15 heteroatoms. The number of hydrogen-bond donors (Lipinski definition) is 5. The van der Waals surface area contributed by atoms with Gasteiger partial charge in [-0.15, -0.1) is 0 Å². The zero-order chi connectivity index (χ0) is 39.9. The van der Waals surface area contributed by atoms with Crippen molar-refractivity contribution in [2.75, 3.05) is 27.3 Å². The second-order valence-electron chi connectivity index (χ2n) is 15.0. The lowest BCUT2D eigenvalue weighted by Crippen LogP contribution is -2.51. The summed E-state index contributed by atoms with van der Waals surface area (Å²) in [6.45, 7) is 8.61. The zero-order valence-electron chi connectivity index (χ0n) is 32.9. The third kappa shape index (κ3) is 9.15. The Labute approximate surface area is 326 Å². The zero-order valence-corrected chi connectivity index (χ0v) is 32.9. The summed E-state index contributed by atoms with van der Waals surface area (Å²) in [6.07, 6.45) is 6.99. The van der Waals surface area contributed by atoms with Gasteiger partial charge in [0, 0.05) is 37.1 Å². The van der Waals surface area contributed by atoms with Gasteiger partial charge in [-0.2, -0.15) is 0 Å². The highest BCUT2D eigenvalue weighted by Crippen LogP contribution is 2.40. The normalized spacial score (nSPS) is 15.7. The first-order valence-electron chi connectivity index (χ1n) is 19.3. The summed E-state index contributed by atoms with van der Waals surface area (Å²) in [5.74, 6) is 2.63.